The molecule has 1 saturated carbocycles. The van der Waals surface area contributed by atoms with Crippen LogP contribution in [0.15, 0.2) is 42.6 Å². The molecule has 35 heavy (non-hydrogen) atoms. The van der Waals surface area contributed by atoms with Crippen molar-refractivity contribution in [1.82, 2.24) is 15.3 Å². The second-order valence-electron chi connectivity index (χ2n) is 9.19. The second-order valence-corrected chi connectivity index (χ2v) is 9.19. The van der Waals surface area contributed by atoms with Crippen LogP contribution in [0, 0.1) is 6.92 Å². The molecule has 3 aromatic rings. The summed E-state index contributed by atoms with van der Waals surface area (Å²) in [4.78, 5) is 32.8. The van der Waals surface area contributed by atoms with E-state index in [9.17, 15) is 9.59 Å². The maximum atomic E-state index is 12.0. The van der Waals surface area contributed by atoms with Gasteiger partial charge in [-0.05, 0) is 61.2 Å². The van der Waals surface area contributed by atoms with E-state index in [0.717, 1.165) is 53.8 Å². The average Bonchev–Trinajstić information content (AvgIpc) is 3.20. The normalized spacial score (nSPS) is 19.1. The number of amides is 2. The number of aromatic nitrogens is 2. The molecule has 9 nitrogen and oxygen atoms in total. The Morgan fingerprint density at radius 3 is 2.69 bits per heavy atom. The molecule has 2 atom stereocenters. The van der Waals surface area contributed by atoms with Gasteiger partial charge < -0.3 is 27.4 Å². The van der Waals surface area contributed by atoms with Crippen LogP contribution in [-0.4, -0.2) is 33.9 Å². The Morgan fingerprint density at radius 1 is 1.11 bits per heavy atom. The zero-order valence-electron chi connectivity index (χ0n) is 19.6. The molecule has 2 amide bonds. The Bertz CT molecular complexity index is 1310. The van der Waals surface area contributed by atoms with Crippen LogP contribution in [0.4, 0.5) is 17.2 Å². The summed E-state index contributed by atoms with van der Waals surface area (Å²) in [6.07, 6.45) is 5.88. The van der Waals surface area contributed by atoms with Crippen molar-refractivity contribution in [3.8, 4) is 11.1 Å². The zero-order valence-corrected chi connectivity index (χ0v) is 19.6. The van der Waals surface area contributed by atoms with E-state index in [0.29, 0.717) is 23.6 Å². The molecule has 5 rings (SSSR count). The van der Waals surface area contributed by atoms with Gasteiger partial charge in [-0.15, -0.1) is 0 Å². The highest BCUT2D eigenvalue weighted by atomic mass is 16.2. The molecule has 0 spiro atoms. The van der Waals surface area contributed by atoms with Crippen molar-refractivity contribution < 1.29 is 9.59 Å². The number of carbonyl (C=O) groups is 2. The lowest BCUT2D eigenvalue weighted by Crippen LogP contribution is -2.42. The number of anilines is 3. The number of nitrogens with zero attached hydrogens (tertiary/aromatic N) is 2. The Balaban J connectivity index is 1.39. The van der Waals surface area contributed by atoms with Crippen molar-refractivity contribution >= 4 is 29.0 Å². The monoisotopic (exact) mass is 471 g/mol. The number of benzene rings is 1. The van der Waals surface area contributed by atoms with Crippen LogP contribution in [0.2, 0.25) is 0 Å². The van der Waals surface area contributed by atoms with Crippen LogP contribution in [0.3, 0.4) is 0 Å². The molecule has 7 N–H and O–H groups in total. The first kappa shape index (κ1) is 22.8. The van der Waals surface area contributed by atoms with Crippen molar-refractivity contribution in [1.29, 1.82) is 0 Å². The predicted molar refractivity (Wildman–Crippen MR) is 135 cm³/mol. The first-order valence-corrected chi connectivity index (χ1v) is 11.9. The number of hydrogen-bond acceptors (Lipinski definition) is 7. The summed E-state index contributed by atoms with van der Waals surface area (Å²) in [6.45, 7) is 2.46. The largest absolute Gasteiger partial charge is 0.379 e. The fraction of sp³-hybridized carbons (Fsp3) is 0.308. The highest BCUT2D eigenvalue weighted by molar-refractivity contribution is 5.99. The van der Waals surface area contributed by atoms with E-state index in [1.54, 1.807) is 6.20 Å². The minimum atomic E-state index is -0.622. The predicted octanol–water partition coefficient (Wildman–Crippen LogP) is 3.22. The lowest BCUT2D eigenvalue weighted by Gasteiger charge is -2.30. The highest BCUT2D eigenvalue weighted by Gasteiger charge is 2.23. The summed E-state index contributed by atoms with van der Waals surface area (Å²) in [5.41, 5.74) is 17.7. The summed E-state index contributed by atoms with van der Waals surface area (Å²) in [5.74, 6) is -0.0925. The van der Waals surface area contributed by atoms with Crippen LogP contribution in [0.5, 0.6) is 0 Å². The van der Waals surface area contributed by atoms with E-state index < -0.39 is 5.91 Å². The molecule has 3 heterocycles. The van der Waals surface area contributed by atoms with Crippen LogP contribution < -0.4 is 27.4 Å². The van der Waals surface area contributed by atoms with E-state index in [1.807, 2.05) is 43.3 Å². The molecule has 0 saturated heterocycles. The number of carbonyl (C=O) groups excluding carboxylic acids is 2. The summed E-state index contributed by atoms with van der Waals surface area (Å²) in [7, 11) is 0. The van der Waals surface area contributed by atoms with Crippen molar-refractivity contribution in [2.45, 2.75) is 51.2 Å². The smallest absolute Gasteiger partial charge is 0.269 e. The van der Waals surface area contributed by atoms with Crippen molar-refractivity contribution in [2.24, 2.45) is 11.5 Å². The van der Waals surface area contributed by atoms with Gasteiger partial charge in [-0.2, -0.15) is 0 Å². The SMILES string of the molecule is Cc1nc(Nc2cc(N[C@@H]3CCCC[C@@H]3N)cnc2C(N)=O)ccc1-c1ccc2c(c1)CNC2=O. The average molecular weight is 472 g/mol. The molecule has 1 aliphatic carbocycles. The lowest BCUT2D eigenvalue weighted by molar-refractivity contribution is 0.0963. The van der Waals surface area contributed by atoms with Crippen LogP contribution in [-0.2, 0) is 6.54 Å². The second kappa shape index (κ2) is 9.34. The Hall–Kier alpha value is -3.98. The summed E-state index contributed by atoms with van der Waals surface area (Å²) in [5, 5.41) is 9.51. The molecular weight excluding hydrogens is 442 g/mol. The maximum Gasteiger partial charge on any atom is 0.269 e. The molecule has 2 aromatic heterocycles. The topological polar surface area (TPSA) is 148 Å². The van der Waals surface area contributed by atoms with E-state index in [-0.39, 0.29) is 23.7 Å². The third kappa shape index (κ3) is 4.67. The Kier molecular flexibility index (Phi) is 6.08. The van der Waals surface area contributed by atoms with Gasteiger partial charge in [-0.1, -0.05) is 18.9 Å². The van der Waals surface area contributed by atoms with E-state index in [1.165, 1.54) is 0 Å². The van der Waals surface area contributed by atoms with Crippen LogP contribution in [0.1, 0.15) is 57.8 Å². The van der Waals surface area contributed by atoms with Crippen molar-refractivity contribution in [3.05, 3.63) is 65.1 Å². The van der Waals surface area contributed by atoms with Crippen LogP contribution >= 0.6 is 0 Å². The van der Waals surface area contributed by atoms with Crippen molar-refractivity contribution in [3.63, 3.8) is 0 Å². The number of pyridine rings is 2. The molecular formula is C26H29N7O2. The zero-order chi connectivity index (χ0) is 24.5. The van der Waals surface area contributed by atoms with Crippen molar-refractivity contribution in [2.75, 3.05) is 10.6 Å². The van der Waals surface area contributed by atoms with Gasteiger partial charge in [0.25, 0.3) is 11.8 Å². The molecule has 0 bridgehead atoms. The van der Waals surface area contributed by atoms with E-state index >= 15 is 0 Å². The fourth-order valence-electron chi connectivity index (χ4n) is 4.86. The minimum absolute atomic E-state index is 0.0398. The van der Waals surface area contributed by atoms with Gasteiger partial charge in [0.1, 0.15) is 5.82 Å². The first-order chi connectivity index (χ1) is 16.9. The standard InChI is InChI=1S/C26H29N7O2/c1-14-18(15-6-7-19-16(10-15)12-30-26(19)35)8-9-23(31-14)33-22-11-17(13-29-24(22)25(28)34)32-21-5-3-2-4-20(21)27/h6-11,13,20-21,32H,2-5,12,27H2,1H3,(H2,28,34)(H,30,35)(H,31,33)/t20-,21+/m0/s1. The Labute approximate surface area is 203 Å². The number of nitrogens with one attached hydrogen (secondary N) is 3. The van der Waals surface area contributed by atoms with E-state index in [2.05, 4.69) is 20.9 Å². The number of fused-ring (bicyclic) bond motifs is 1. The van der Waals surface area contributed by atoms with Gasteiger partial charge in [0.2, 0.25) is 0 Å². The van der Waals surface area contributed by atoms with Gasteiger partial charge >= 0.3 is 0 Å². The molecule has 180 valence electrons. The Morgan fingerprint density at radius 2 is 1.91 bits per heavy atom. The fourth-order valence-corrected chi connectivity index (χ4v) is 4.86. The third-order valence-electron chi connectivity index (χ3n) is 6.74. The van der Waals surface area contributed by atoms with Crippen LogP contribution in [0.25, 0.3) is 11.1 Å². The molecule has 0 unspecified atom stereocenters. The third-order valence-corrected chi connectivity index (χ3v) is 6.74. The number of rotatable bonds is 6. The number of aryl methyl sites for hydroxylation is 1. The first-order valence-electron chi connectivity index (χ1n) is 11.9. The van der Waals surface area contributed by atoms with Gasteiger partial charge in [-0.25, -0.2) is 9.97 Å². The molecule has 1 fully saturated rings. The van der Waals surface area contributed by atoms with Gasteiger partial charge in [-0.3, -0.25) is 9.59 Å². The van der Waals surface area contributed by atoms with Gasteiger partial charge in [0, 0.05) is 35.4 Å². The molecule has 1 aromatic carbocycles. The number of hydrogen-bond donors (Lipinski definition) is 5. The number of nitrogens with two attached hydrogens (primary N) is 2. The molecule has 9 heteroatoms. The van der Waals surface area contributed by atoms with E-state index in [4.69, 9.17) is 16.5 Å². The maximum absolute atomic E-state index is 12.0. The van der Waals surface area contributed by atoms with Gasteiger partial charge in [0.05, 0.1) is 17.6 Å². The number of primary amides is 1. The molecule has 2 aliphatic rings. The van der Waals surface area contributed by atoms with Gasteiger partial charge in [0.15, 0.2) is 5.69 Å². The molecule has 0 radical (unpaired) electrons. The summed E-state index contributed by atoms with van der Waals surface area (Å²) < 4.78 is 0. The lowest BCUT2D eigenvalue weighted by atomic mass is 9.91. The highest BCUT2D eigenvalue weighted by Crippen LogP contribution is 2.30. The summed E-state index contributed by atoms with van der Waals surface area (Å²) >= 11 is 0. The molecule has 1 aliphatic heterocycles. The minimum Gasteiger partial charge on any atom is -0.379 e. The quantitative estimate of drug-likeness (QED) is 0.371. The summed E-state index contributed by atoms with van der Waals surface area (Å²) in [6, 6.07) is 11.7.